The number of amides is 2. The molecule has 1 aromatic carbocycles. The van der Waals surface area contributed by atoms with E-state index in [0.717, 1.165) is 28.0 Å². The smallest absolute Gasteiger partial charge is 0.414 e. The molecule has 2 aliphatic rings. The third kappa shape index (κ3) is 2.32. The average Bonchev–Trinajstić information content (AvgIpc) is 2.96. The van der Waals surface area contributed by atoms with Crippen LogP contribution in [0.4, 0.5) is 4.79 Å². The molecule has 1 saturated heterocycles. The number of carboxylic acid groups (broad SMARTS) is 1. The molecule has 3 rings (SSSR count). The number of benzene rings is 1. The number of nitrogens with zero attached hydrogens (tertiary/aromatic N) is 2. The molecule has 2 unspecified atom stereocenters. The Labute approximate surface area is 135 Å². The van der Waals surface area contributed by atoms with Gasteiger partial charge in [0.2, 0.25) is 0 Å². The summed E-state index contributed by atoms with van der Waals surface area (Å²) < 4.78 is 0. The summed E-state index contributed by atoms with van der Waals surface area (Å²) in [6.45, 7) is 3.79. The van der Waals surface area contributed by atoms with Crippen molar-refractivity contribution in [1.29, 1.82) is 0 Å². The molecule has 0 radical (unpaired) electrons. The van der Waals surface area contributed by atoms with Crippen LogP contribution in [0.2, 0.25) is 0 Å². The average molecular weight is 312 g/mol. The number of fused-ring (bicyclic) bond motifs is 3. The highest BCUT2D eigenvalue weighted by Gasteiger charge is 2.52. The van der Waals surface area contributed by atoms with Gasteiger partial charge in [-0.2, -0.15) is 0 Å². The van der Waals surface area contributed by atoms with E-state index in [1.807, 2.05) is 38.4 Å². The zero-order valence-electron chi connectivity index (χ0n) is 13.3. The number of rotatable bonds is 3. The van der Waals surface area contributed by atoms with Gasteiger partial charge in [-0.15, -0.1) is 6.58 Å². The fourth-order valence-electron chi connectivity index (χ4n) is 3.73. The molecular formula is C18H20N2O3. The summed E-state index contributed by atoms with van der Waals surface area (Å²) in [7, 11) is 3.67. The first kappa shape index (κ1) is 15.3. The second kappa shape index (κ2) is 5.57. The van der Waals surface area contributed by atoms with E-state index in [0.29, 0.717) is 12.0 Å². The van der Waals surface area contributed by atoms with Gasteiger partial charge < -0.3 is 10.0 Å². The third-order valence-corrected chi connectivity index (χ3v) is 4.54. The lowest BCUT2D eigenvalue weighted by molar-refractivity contribution is -0.124. The summed E-state index contributed by atoms with van der Waals surface area (Å²) in [6, 6.07) is 5.50. The maximum absolute atomic E-state index is 12.6. The van der Waals surface area contributed by atoms with E-state index < -0.39 is 18.0 Å². The minimum Gasteiger partial charge on any atom is -0.465 e. The molecule has 1 aliphatic carbocycles. The maximum atomic E-state index is 12.6. The van der Waals surface area contributed by atoms with Crippen molar-refractivity contribution >= 4 is 12.0 Å². The van der Waals surface area contributed by atoms with Crippen LogP contribution < -0.4 is 0 Å². The normalized spacial score (nSPS) is 23.8. The van der Waals surface area contributed by atoms with Crippen molar-refractivity contribution in [2.45, 2.75) is 18.9 Å². The number of hydrogen-bond acceptors (Lipinski definition) is 3. The van der Waals surface area contributed by atoms with Crippen molar-refractivity contribution in [3.8, 4) is 0 Å². The lowest BCUT2D eigenvalue weighted by Crippen LogP contribution is -2.33. The summed E-state index contributed by atoms with van der Waals surface area (Å²) >= 11 is 0. The third-order valence-electron chi connectivity index (χ3n) is 4.54. The first-order chi connectivity index (χ1) is 11.0. The molecule has 23 heavy (non-hydrogen) atoms. The van der Waals surface area contributed by atoms with Crippen molar-refractivity contribution in [3.05, 3.63) is 59.3 Å². The van der Waals surface area contributed by atoms with Gasteiger partial charge in [0.25, 0.3) is 5.91 Å². The first-order valence-electron chi connectivity index (χ1n) is 7.62. The van der Waals surface area contributed by atoms with Crippen LogP contribution in [0, 0.1) is 5.92 Å². The highest BCUT2D eigenvalue weighted by atomic mass is 16.4. The number of likely N-dealkylation sites (tertiary alicyclic amines) is 1. The minimum atomic E-state index is -1.19. The molecule has 5 heteroatoms. The Morgan fingerprint density at radius 2 is 2.22 bits per heavy atom. The highest BCUT2D eigenvalue weighted by molar-refractivity contribution is 6.05. The maximum Gasteiger partial charge on any atom is 0.414 e. The molecule has 1 aliphatic heterocycles. The van der Waals surface area contributed by atoms with Gasteiger partial charge >= 0.3 is 6.09 Å². The molecular weight excluding hydrogens is 292 g/mol. The molecule has 1 heterocycles. The van der Waals surface area contributed by atoms with E-state index in [1.165, 1.54) is 0 Å². The van der Waals surface area contributed by atoms with Gasteiger partial charge in [0.05, 0.1) is 6.04 Å². The highest BCUT2D eigenvalue weighted by Crippen LogP contribution is 2.50. The molecule has 1 N–H and O–H groups in total. The van der Waals surface area contributed by atoms with Crippen molar-refractivity contribution in [1.82, 2.24) is 9.80 Å². The molecule has 0 aromatic heterocycles. The second-order valence-corrected chi connectivity index (χ2v) is 6.24. The van der Waals surface area contributed by atoms with E-state index >= 15 is 0 Å². The SMILES string of the molecule is C=CCc1cccc2c1CC1/C(=C/N(C)C)C(=O)N(C(=O)O)C21. The molecule has 5 nitrogen and oxygen atoms in total. The standard InChI is InChI=1S/C18H20N2O3/c1-4-6-11-7-5-8-12-13(11)9-14-15(10-19(2)3)17(21)20(16(12)14)18(22)23/h4-5,7-8,10,14,16H,1,6,9H2,2-3H3,(H,22,23)/b15-10-. The number of carbonyl (C=O) groups excluding carboxylic acids is 1. The number of hydrogen-bond donors (Lipinski definition) is 1. The van der Waals surface area contributed by atoms with E-state index in [1.54, 1.807) is 11.1 Å². The predicted octanol–water partition coefficient (Wildman–Crippen LogP) is 2.59. The Kier molecular flexibility index (Phi) is 3.72. The van der Waals surface area contributed by atoms with E-state index in [4.69, 9.17) is 0 Å². The van der Waals surface area contributed by atoms with Crippen molar-refractivity contribution in [2.24, 2.45) is 5.92 Å². The molecule has 1 fully saturated rings. The topological polar surface area (TPSA) is 60.9 Å². The Balaban J connectivity index is 2.13. The van der Waals surface area contributed by atoms with Crippen molar-refractivity contribution in [2.75, 3.05) is 14.1 Å². The molecule has 120 valence electrons. The van der Waals surface area contributed by atoms with Gasteiger partial charge in [0, 0.05) is 31.8 Å². The van der Waals surface area contributed by atoms with Gasteiger partial charge in [0.1, 0.15) is 0 Å². The second-order valence-electron chi connectivity index (χ2n) is 6.24. The zero-order chi connectivity index (χ0) is 16.7. The van der Waals surface area contributed by atoms with Crippen LogP contribution in [0.5, 0.6) is 0 Å². The summed E-state index contributed by atoms with van der Waals surface area (Å²) in [5.41, 5.74) is 3.84. The van der Waals surface area contributed by atoms with E-state index in [-0.39, 0.29) is 5.92 Å². The van der Waals surface area contributed by atoms with Gasteiger partial charge in [0.15, 0.2) is 0 Å². The Morgan fingerprint density at radius 1 is 1.48 bits per heavy atom. The van der Waals surface area contributed by atoms with Crippen LogP contribution in [0.25, 0.3) is 0 Å². The molecule has 0 saturated carbocycles. The summed E-state index contributed by atoms with van der Waals surface area (Å²) in [4.78, 5) is 27.0. The zero-order valence-corrected chi connectivity index (χ0v) is 13.3. The summed E-state index contributed by atoms with van der Waals surface area (Å²) in [5, 5.41) is 9.53. The van der Waals surface area contributed by atoms with Crippen molar-refractivity contribution in [3.63, 3.8) is 0 Å². The van der Waals surface area contributed by atoms with Crippen molar-refractivity contribution < 1.29 is 14.7 Å². The summed E-state index contributed by atoms with van der Waals surface area (Å²) in [6.07, 6.45) is 3.85. The fraction of sp³-hybridized carbons (Fsp3) is 0.333. The molecule has 0 bridgehead atoms. The first-order valence-corrected chi connectivity index (χ1v) is 7.62. The number of carbonyl (C=O) groups is 2. The lowest BCUT2D eigenvalue weighted by Gasteiger charge is -2.19. The minimum absolute atomic E-state index is 0.109. The number of allylic oxidation sites excluding steroid dienone is 1. The fourth-order valence-corrected chi connectivity index (χ4v) is 3.73. The van der Waals surface area contributed by atoms with Crippen LogP contribution >= 0.6 is 0 Å². The van der Waals surface area contributed by atoms with Gasteiger partial charge in [-0.3, -0.25) is 4.79 Å². The van der Waals surface area contributed by atoms with Crippen LogP contribution in [-0.2, 0) is 17.6 Å². The molecule has 2 atom stereocenters. The Morgan fingerprint density at radius 3 is 2.83 bits per heavy atom. The van der Waals surface area contributed by atoms with Crippen LogP contribution in [0.3, 0.4) is 0 Å². The van der Waals surface area contributed by atoms with Gasteiger partial charge in [-0.1, -0.05) is 24.3 Å². The molecule has 2 amide bonds. The largest absolute Gasteiger partial charge is 0.465 e. The van der Waals surface area contributed by atoms with Gasteiger partial charge in [-0.05, 0) is 29.5 Å². The quantitative estimate of drug-likeness (QED) is 0.688. The van der Waals surface area contributed by atoms with E-state index in [9.17, 15) is 14.7 Å². The van der Waals surface area contributed by atoms with Crippen LogP contribution in [-0.4, -0.2) is 41.0 Å². The summed E-state index contributed by atoms with van der Waals surface area (Å²) in [5.74, 6) is -0.511. The van der Waals surface area contributed by atoms with Crippen LogP contribution in [0.15, 0.2) is 42.6 Å². The Bertz CT molecular complexity index is 721. The monoisotopic (exact) mass is 312 g/mol. The van der Waals surface area contributed by atoms with Crippen LogP contribution in [0.1, 0.15) is 22.7 Å². The van der Waals surface area contributed by atoms with E-state index in [2.05, 4.69) is 6.58 Å². The predicted molar refractivity (Wildman–Crippen MR) is 86.9 cm³/mol. The lowest BCUT2D eigenvalue weighted by atomic mass is 9.96. The molecule has 0 spiro atoms. The van der Waals surface area contributed by atoms with Gasteiger partial charge in [-0.25, -0.2) is 9.69 Å². The molecule has 1 aromatic rings. The number of imide groups is 1. The Hall–Kier alpha value is -2.56.